The van der Waals surface area contributed by atoms with E-state index in [9.17, 15) is 4.79 Å². The lowest BCUT2D eigenvalue weighted by molar-refractivity contribution is -0.921. The molecule has 0 saturated carbocycles. The summed E-state index contributed by atoms with van der Waals surface area (Å²) in [7, 11) is 0. The highest BCUT2D eigenvalue weighted by atomic mass is 16.5. The zero-order valence-corrected chi connectivity index (χ0v) is 11.0. The van der Waals surface area contributed by atoms with E-state index in [1.165, 1.54) is 10.5 Å². The molecule has 1 saturated heterocycles. The zero-order chi connectivity index (χ0) is 13.0. The first-order chi connectivity index (χ1) is 8.66. The van der Waals surface area contributed by atoms with Gasteiger partial charge in [-0.15, -0.1) is 0 Å². The Labute approximate surface area is 108 Å². The van der Waals surface area contributed by atoms with E-state index in [-0.39, 0.29) is 11.9 Å². The van der Waals surface area contributed by atoms with Crippen LogP contribution in [-0.2, 0) is 9.53 Å². The number of benzene rings is 1. The van der Waals surface area contributed by atoms with Gasteiger partial charge in [-0.25, -0.2) is 0 Å². The van der Waals surface area contributed by atoms with Crippen LogP contribution in [0, 0.1) is 6.92 Å². The van der Waals surface area contributed by atoms with Gasteiger partial charge in [0.2, 0.25) is 0 Å². The molecule has 1 aromatic rings. The zero-order valence-electron chi connectivity index (χ0n) is 11.0. The first-order valence-electron chi connectivity index (χ1n) is 6.46. The lowest BCUT2D eigenvalue weighted by Crippen LogP contribution is -3.18. The van der Waals surface area contributed by atoms with Crippen molar-refractivity contribution in [3.05, 3.63) is 29.8 Å². The summed E-state index contributed by atoms with van der Waals surface area (Å²) < 4.78 is 5.31. The van der Waals surface area contributed by atoms with Crippen molar-refractivity contribution in [1.29, 1.82) is 0 Å². The summed E-state index contributed by atoms with van der Waals surface area (Å²) in [6.07, 6.45) is 0. The van der Waals surface area contributed by atoms with Crippen LogP contribution in [0.25, 0.3) is 0 Å². The molecule has 4 heteroatoms. The van der Waals surface area contributed by atoms with Crippen molar-refractivity contribution in [2.45, 2.75) is 19.9 Å². The molecule has 1 aliphatic rings. The molecule has 18 heavy (non-hydrogen) atoms. The van der Waals surface area contributed by atoms with E-state index < -0.39 is 0 Å². The summed E-state index contributed by atoms with van der Waals surface area (Å²) >= 11 is 0. The molecule has 0 bridgehead atoms. The fourth-order valence-corrected chi connectivity index (χ4v) is 2.14. The van der Waals surface area contributed by atoms with E-state index in [1.54, 1.807) is 0 Å². The number of aryl methyl sites for hydroxylation is 1. The number of carbonyl (C=O) groups is 1. The minimum atomic E-state index is -0.0322. The van der Waals surface area contributed by atoms with E-state index in [4.69, 9.17) is 4.74 Å². The number of ether oxygens (including phenoxy) is 1. The average Bonchev–Trinajstić information content (AvgIpc) is 2.41. The molecule has 0 radical (unpaired) electrons. The van der Waals surface area contributed by atoms with Gasteiger partial charge in [0.15, 0.2) is 6.04 Å². The number of amides is 1. The molecule has 1 fully saturated rings. The number of quaternary nitrogens is 1. The normalized spacial score (nSPS) is 18.3. The second-order valence-corrected chi connectivity index (χ2v) is 4.85. The molecule has 98 valence electrons. The Kier molecular flexibility index (Phi) is 4.33. The van der Waals surface area contributed by atoms with E-state index >= 15 is 0 Å². The van der Waals surface area contributed by atoms with Crippen molar-refractivity contribution in [2.24, 2.45) is 0 Å². The molecule has 1 aliphatic heterocycles. The van der Waals surface area contributed by atoms with Crippen molar-refractivity contribution in [3.63, 3.8) is 0 Å². The van der Waals surface area contributed by atoms with Crippen LogP contribution in [0.5, 0.6) is 0 Å². The summed E-state index contributed by atoms with van der Waals surface area (Å²) in [5, 5.41) is 2.97. The van der Waals surface area contributed by atoms with Crippen LogP contribution in [0.1, 0.15) is 12.5 Å². The van der Waals surface area contributed by atoms with Gasteiger partial charge >= 0.3 is 0 Å². The topological polar surface area (TPSA) is 42.8 Å². The van der Waals surface area contributed by atoms with Gasteiger partial charge in [-0.1, -0.05) is 17.7 Å². The second-order valence-electron chi connectivity index (χ2n) is 4.85. The molecule has 1 aromatic carbocycles. The smallest absolute Gasteiger partial charge is 0.282 e. The molecule has 0 spiro atoms. The molecular weight excluding hydrogens is 228 g/mol. The van der Waals surface area contributed by atoms with Crippen LogP contribution in [0.2, 0.25) is 0 Å². The molecule has 1 heterocycles. The van der Waals surface area contributed by atoms with Crippen LogP contribution in [0.15, 0.2) is 24.3 Å². The quantitative estimate of drug-likeness (QED) is 0.806. The van der Waals surface area contributed by atoms with Gasteiger partial charge in [-0.05, 0) is 26.0 Å². The fourth-order valence-electron chi connectivity index (χ4n) is 2.14. The second kappa shape index (κ2) is 5.98. The Balaban J connectivity index is 1.92. The predicted molar refractivity (Wildman–Crippen MR) is 70.8 cm³/mol. The number of hydrogen-bond acceptors (Lipinski definition) is 2. The third kappa shape index (κ3) is 3.31. The van der Waals surface area contributed by atoms with Gasteiger partial charge in [-0.3, -0.25) is 4.79 Å². The van der Waals surface area contributed by atoms with Crippen molar-refractivity contribution in [2.75, 3.05) is 31.6 Å². The number of anilines is 1. The minimum absolute atomic E-state index is 0.0322. The fraction of sp³-hybridized carbons (Fsp3) is 0.500. The first kappa shape index (κ1) is 13.1. The van der Waals surface area contributed by atoms with Gasteiger partial charge in [-0.2, -0.15) is 0 Å². The van der Waals surface area contributed by atoms with Crippen molar-refractivity contribution >= 4 is 11.6 Å². The number of rotatable bonds is 3. The van der Waals surface area contributed by atoms with Gasteiger partial charge in [0, 0.05) is 5.69 Å². The maximum Gasteiger partial charge on any atom is 0.282 e. The van der Waals surface area contributed by atoms with Gasteiger partial charge < -0.3 is 15.0 Å². The standard InChI is InChI=1S/C14H20N2O2/c1-11-3-5-13(6-4-11)15-14(17)12(2)16-7-9-18-10-8-16/h3-6,12H,7-10H2,1-2H3,(H,15,17)/p+1/t12-/m0/s1. The molecule has 2 N–H and O–H groups in total. The summed E-state index contributed by atoms with van der Waals surface area (Å²) in [5.41, 5.74) is 2.06. The monoisotopic (exact) mass is 249 g/mol. The molecule has 1 amide bonds. The van der Waals surface area contributed by atoms with E-state index in [0.29, 0.717) is 0 Å². The van der Waals surface area contributed by atoms with E-state index in [0.717, 1.165) is 32.0 Å². The number of hydrogen-bond donors (Lipinski definition) is 2. The minimum Gasteiger partial charge on any atom is -0.370 e. The third-order valence-corrected chi connectivity index (χ3v) is 3.46. The Hall–Kier alpha value is -1.39. The molecule has 0 aliphatic carbocycles. The largest absolute Gasteiger partial charge is 0.370 e. The van der Waals surface area contributed by atoms with E-state index in [1.807, 2.05) is 38.1 Å². The van der Waals surface area contributed by atoms with Gasteiger partial charge in [0.25, 0.3) is 5.91 Å². The van der Waals surface area contributed by atoms with E-state index in [2.05, 4.69) is 5.32 Å². The van der Waals surface area contributed by atoms with Gasteiger partial charge in [0.1, 0.15) is 13.1 Å². The lowest BCUT2D eigenvalue weighted by Gasteiger charge is -2.28. The predicted octanol–water partition coefficient (Wildman–Crippen LogP) is 0.237. The number of nitrogens with one attached hydrogen (secondary N) is 2. The third-order valence-electron chi connectivity index (χ3n) is 3.46. The highest BCUT2D eigenvalue weighted by Gasteiger charge is 2.26. The summed E-state index contributed by atoms with van der Waals surface area (Å²) in [6.45, 7) is 7.32. The highest BCUT2D eigenvalue weighted by Crippen LogP contribution is 2.08. The Morgan fingerprint density at radius 3 is 2.50 bits per heavy atom. The number of morpholine rings is 1. The molecule has 1 atom stereocenters. The Bertz CT molecular complexity index is 397. The van der Waals surface area contributed by atoms with Gasteiger partial charge in [0.05, 0.1) is 13.2 Å². The van der Waals surface area contributed by atoms with Crippen LogP contribution < -0.4 is 10.2 Å². The first-order valence-corrected chi connectivity index (χ1v) is 6.46. The summed E-state index contributed by atoms with van der Waals surface area (Å²) in [5.74, 6) is 0.0794. The van der Waals surface area contributed by atoms with Crippen molar-refractivity contribution < 1.29 is 14.4 Å². The van der Waals surface area contributed by atoms with Crippen molar-refractivity contribution in [1.82, 2.24) is 0 Å². The highest BCUT2D eigenvalue weighted by molar-refractivity contribution is 5.93. The van der Waals surface area contributed by atoms with Crippen molar-refractivity contribution in [3.8, 4) is 0 Å². The summed E-state index contributed by atoms with van der Waals surface area (Å²) in [4.78, 5) is 13.4. The molecule has 2 rings (SSSR count). The lowest BCUT2D eigenvalue weighted by atomic mass is 10.2. The molecule has 0 unspecified atom stereocenters. The molecular formula is C14H21N2O2+. The Morgan fingerprint density at radius 2 is 1.89 bits per heavy atom. The summed E-state index contributed by atoms with van der Waals surface area (Å²) in [6, 6.07) is 7.85. The molecule has 0 aromatic heterocycles. The van der Waals surface area contributed by atoms with Crippen LogP contribution in [0.4, 0.5) is 5.69 Å². The average molecular weight is 249 g/mol. The number of carbonyl (C=O) groups excluding carboxylic acids is 1. The Morgan fingerprint density at radius 1 is 1.28 bits per heavy atom. The van der Waals surface area contributed by atoms with Crippen LogP contribution >= 0.6 is 0 Å². The van der Waals surface area contributed by atoms with Crippen LogP contribution in [-0.4, -0.2) is 38.3 Å². The molecule has 4 nitrogen and oxygen atoms in total. The van der Waals surface area contributed by atoms with Crippen LogP contribution in [0.3, 0.4) is 0 Å². The maximum atomic E-state index is 12.1. The SMILES string of the molecule is Cc1ccc(NC(=O)[C@H](C)[NH+]2CCOCC2)cc1. The maximum absolute atomic E-state index is 12.1.